The van der Waals surface area contributed by atoms with Crippen molar-refractivity contribution in [3.05, 3.63) is 11.7 Å². The molecular formula is C10H16ClN3O2. The van der Waals surface area contributed by atoms with E-state index in [0.717, 1.165) is 18.9 Å². The Morgan fingerprint density at radius 2 is 2.12 bits per heavy atom. The Morgan fingerprint density at radius 1 is 1.31 bits per heavy atom. The summed E-state index contributed by atoms with van der Waals surface area (Å²) in [5.41, 5.74) is 5.67. The van der Waals surface area contributed by atoms with Crippen LogP contribution in [0.2, 0.25) is 0 Å². The summed E-state index contributed by atoms with van der Waals surface area (Å²) in [4.78, 5) is 4.39. The highest BCUT2D eigenvalue weighted by molar-refractivity contribution is 5.85. The van der Waals surface area contributed by atoms with Gasteiger partial charge in [0.25, 0.3) is 5.89 Å². The summed E-state index contributed by atoms with van der Waals surface area (Å²) in [6.07, 6.45) is 3.28. The molecule has 2 atom stereocenters. The van der Waals surface area contributed by atoms with Crippen LogP contribution in [0.25, 0.3) is 0 Å². The molecule has 1 aliphatic heterocycles. The van der Waals surface area contributed by atoms with Crippen molar-refractivity contribution in [1.82, 2.24) is 10.1 Å². The highest BCUT2D eigenvalue weighted by Gasteiger charge is 2.35. The van der Waals surface area contributed by atoms with E-state index in [1.807, 2.05) is 0 Å². The number of nitrogens with zero attached hydrogens (tertiary/aromatic N) is 2. The lowest BCUT2D eigenvalue weighted by molar-refractivity contribution is 0.0642. The van der Waals surface area contributed by atoms with E-state index in [4.69, 9.17) is 15.0 Å². The van der Waals surface area contributed by atoms with Crippen molar-refractivity contribution in [3.63, 3.8) is 0 Å². The fraction of sp³-hybridized carbons (Fsp3) is 0.800. The first-order valence-corrected chi connectivity index (χ1v) is 5.53. The van der Waals surface area contributed by atoms with Gasteiger partial charge in [0, 0.05) is 18.4 Å². The maximum atomic E-state index is 5.67. The molecule has 5 nitrogen and oxygen atoms in total. The molecule has 90 valence electrons. The minimum absolute atomic E-state index is 0. The minimum Gasteiger partial charge on any atom is -0.368 e. The van der Waals surface area contributed by atoms with Gasteiger partial charge in [-0.05, 0) is 25.8 Å². The van der Waals surface area contributed by atoms with Crippen LogP contribution in [-0.2, 0) is 4.74 Å². The second-order valence-electron chi connectivity index (χ2n) is 4.34. The van der Waals surface area contributed by atoms with Crippen molar-refractivity contribution >= 4 is 12.4 Å². The number of hydrogen-bond donors (Lipinski definition) is 1. The van der Waals surface area contributed by atoms with E-state index < -0.39 is 0 Å². The first-order chi connectivity index (χ1) is 7.38. The maximum absolute atomic E-state index is 5.67. The van der Waals surface area contributed by atoms with Gasteiger partial charge in [-0.25, -0.2) is 0 Å². The van der Waals surface area contributed by atoms with Gasteiger partial charge in [0.15, 0.2) is 5.82 Å². The molecule has 16 heavy (non-hydrogen) atoms. The molecular weight excluding hydrogens is 230 g/mol. The number of halogens is 1. The van der Waals surface area contributed by atoms with Crippen LogP contribution in [-0.4, -0.2) is 23.3 Å². The molecule has 1 aromatic heterocycles. The molecule has 6 heteroatoms. The summed E-state index contributed by atoms with van der Waals surface area (Å²) < 4.78 is 10.8. The first-order valence-electron chi connectivity index (χ1n) is 5.53. The van der Waals surface area contributed by atoms with Crippen molar-refractivity contribution in [3.8, 4) is 0 Å². The summed E-state index contributed by atoms with van der Waals surface area (Å²) in [6.45, 7) is 1.36. The molecule has 1 aromatic rings. The topological polar surface area (TPSA) is 74.2 Å². The third-order valence-corrected chi connectivity index (χ3v) is 3.16. The van der Waals surface area contributed by atoms with Gasteiger partial charge in [-0.2, -0.15) is 4.98 Å². The molecule has 0 bridgehead atoms. The molecule has 3 rings (SSSR count). The van der Waals surface area contributed by atoms with E-state index in [9.17, 15) is 0 Å². The molecule has 2 N–H and O–H groups in total. The Labute approximate surface area is 100 Å². The molecule has 0 amide bonds. The molecule has 2 fully saturated rings. The van der Waals surface area contributed by atoms with Gasteiger partial charge in [-0.1, -0.05) is 5.16 Å². The number of aromatic nitrogens is 2. The third-order valence-electron chi connectivity index (χ3n) is 3.16. The van der Waals surface area contributed by atoms with Crippen LogP contribution in [0.15, 0.2) is 4.52 Å². The highest BCUT2D eigenvalue weighted by Crippen LogP contribution is 2.40. The number of ether oxygens (including phenoxy) is 1. The van der Waals surface area contributed by atoms with Gasteiger partial charge >= 0.3 is 0 Å². The van der Waals surface area contributed by atoms with E-state index in [2.05, 4.69) is 10.1 Å². The summed E-state index contributed by atoms with van der Waals surface area (Å²) >= 11 is 0. The molecule has 1 saturated carbocycles. The maximum Gasteiger partial charge on any atom is 0.256 e. The number of hydrogen-bond acceptors (Lipinski definition) is 5. The minimum atomic E-state index is -0.0741. The zero-order valence-electron chi connectivity index (χ0n) is 8.96. The van der Waals surface area contributed by atoms with Gasteiger partial charge in [0.1, 0.15) is 6.10 Å². The van der Waals surface area contributed by atoms with Crippen molar-refractivity contribution in [2.24, 2.45) is 11.7 Å². The second kappa shape index (κ2) is 4.69. The Hall–Kier alpha value is -0.650. The quantitative estimate of drug-likeness (QED) is 0.872. The Balaban J connectivity index is 0.000000963. The number of nitrogens with two attached hydrogens (primary N) is 1. The average Bonchev–Trinajstić information content (AvgIpc) is 2.83. The van der Waals surface area contributed by atoms with Gasteiger partial charge in [-0.3, -0.25) is 0 Å². The molecule has 2 heterocycles. The van der Waals surface area contributed by atoms with Gasteiger partial charge in [0.05, 0.1) is 0 Å². The summed E-state index contributed by atoms with van der Waals surface area (Å²) in [7, 11) is 0. The van der Waals surface area contributed by atoms with Crippen LogP contribution in [0, 0.1) is 5.92 Å². The van der Waals surface area contributed by atoms with E-state index >= 15 is 0 Å². The summed E-state index contributed by atoms with van der Waals surface area (Å²) in [6, 6.07) is 0. The smallest absolute Gasteiger partial charge is 0.256 e. The van der Waals surface area contributed by atoms with E-state index in [1.165, 1.54) is 12.8 Å². The second-order valence-corrected chi connectivity index (χ2v) is 4.34. The van der Waals surface area contributed by atoms with E-state index in [1.54, 1.807) is 0 Å². The van der Waals surface area contributed by atoms with Crippen LogP contribution >= 0.6 is 12.4 Å². The molecule has 0 radical (unpaired) electrons. The zero-order chi connectivity index (χ0) is 10.3. The third kappa shape index (κ3) is 2.07. The standard InChI is InChI=1S/C10H15N3O2.ClH/c11-5-7-3-4-14-8(7)10-12-9(13-15-10)6-1-2-6;/h6-8H,1-5,11H2;1H/t7-,8-;/m1./s1. The SMILES string of the molecule is Cl.NC[C@H]1CCO[C@H]1c1nc(C2CC2)no1. The van der Waals surface area contributed by atoms with Gasteiger partial charge in [0.2, 0.25) is 0 Å². The van der Waals surface area contributed by atoms with Crippen LogP contribution in [0.1, 0.15) is 43.0 Å². The Bertz CT molecular complexity index is 354. The van der Waals surface area contributed by atoms with Gasteiger partial charge < -0.3 is 15.0 Å². The zero-order valence-corrected chi connectivity index (χ0v) is 9.78. The van der Waals surface area contributed by atoms with Crippen molar-refractivity contribution in [2.75, 3.05) is 13.2 Å². The molecule has 0 aromatic carbocycles. The highest BCUT2D eigenvalue weighted by atomic mass is 35.5. The fourth-order valence-electron chi connectivity index (χ4n) is 2.02. The van der Waals surface area contributed by atoms with Gasteiger partial charge in [-0.15, -0.1) is 12.4 Å². The largest absolute Gasteiger partial charge is 0.368 e. The summed E-state index contributed by atoms with van der Waals surface area (Å²) in [5, 5.41) is 3.98. The van der Waals surface area contributed by atoms with Crippen LogP contribution in [0.3, 0.4) is 0 Å². The Morgan fingerprint density at radius 3 is 2.81 bits per heavy atom. The first kappa shape index (κ1) is 11.8. The molecule has 1 saturated heterocycles. The van der Waals surface area contributed by atoms with Crippen molar-refractivity contribution in [2.45, 2.75) is 31.3 Å². The number of rotatable bonds is 3. The molecule has 0 spiro atoms. The normalized spacial score (nSPS) is 29.1. The van der Waals surface area contributed by atoms with E-state index in [-0.39, 0.29) is 18.5 Å². The monoisotopic (exact) mass is 245 g/mol. The molecule has 2 aliphatic rings. The lowest BCUT2D eigenvalue weighted by Gasteiger charge is -2.11. The fourth-order valence-corrected chi connectivity index (χ4v) is 2.02. The summed E-state index contributed by atoms with van der Waals surface area (Å²) in [5.74, 6) is 2.32. The predicted molar refractivity (Wildman–Crippen MR) is 59.4 cm³/mol. The van der Waals surface area contributed by atoms with Crippen molar-refractivity contribution < 1.29 is 9.26 Å². The van der Waals surface area contributed by atoms with Crippen LogP contribution < -0.4 is 5.73 Å². The lowest BCUT2D eigenvalue weighted by Crippen LogP contribution is -2.18. The Kier molecular flexibility index (Phi) is 3.47. The van der Waals surface area contributed by atoms with Crippen LogP contribution in [0.4, 0.5) is 0 Å². The molecule has 1 aliphatic carbocycles. The van der Waals surface area contributed by atoms with E-state index in [0.29, 0.717) is 24.3 Å². The molecule has 0 unspecified atom stereocenters. The van der Waals surface area contributed by atoms with Crippen molar-refractivity contribution in [1.29, 1.82) is 0 Å². The average molecular weight is 246 g/mol. The predicted octanol–water partition coefficient (Wildman–Crippen LogP) is 1.41. The van der Waals surface area contributed by atoms with Crippen LogP contribution in [0.5, 0.6) is 0 Å². The lowest BCUT2D eigenvalue weighted by atomic mass is 10.0.